The Morgan fingerprint density at radius 2 is 2.04 bits per heavy atom. The monoisotopic (exact) mass is 383 g/mol. The molecule has 1 aromatic heterocycles. The van der Waals surface area contributed by atoms with Gasteiger partial charge < -0.3 is 11.1 Å². The minimum Gasteiger partial charge on any atom is -0.348 e. The Balaban J connectivity index is 0.00000156. The number of pyridine rings is 1. The summed E-state index contributed by atoms with van der Waals surface area (Å²) in [6, 6.07) is 9.89. The number of benzene rings is 1. The molecular weight excluding hydrogens is 357 g/mol. The average Bonchev–Trinajstić information content (AvgIpc) is 3.42. The summed E-state index contributed by atoms with van der Waals surface area (Å²) in [5.74, 6) is 0.494. The van der Waals surface area contributed by atoms with Crippen molar-refractivity contribution in [2.24, 2.45) is 5.73 Å². The van der Waals surface area contributed by atoms with Crippen molar-refractivity contribution in [1.29, 1.82) is 0 Å². The lowest BCUT2D eigenvalue weighted by atomic mass is 10.0. The summed E-state index contributed by atoms with van der Waals surface area (Å²) in [6.45, 7) is 2.62. The number of amides is 1. The average molecular weight is 384 g/mol. The fourth-order valence-corrected chi connectivity index (χ4v) is 2.93. The van der Waals surface area contributed by atoms with Crippen LogP contribution in [0, 0.1) is 0 Å². The molecule has 1 unspecified atom stereocenters. The summed E-state index contributed by atoms with van der Waals surface area (Å²) >= 11 is 0. The molecule has 1 atom stereocenters. The van der Waals surface area contributed by atoms with Crippen molar-refractivity contribution >= 4 is 41.6 Å². The molecule has 0 saturated heterocycles. The zero-order valence-corrected chi connectivity index (χ0v) is 16.2. The maximum absolute atomic E-state index is 12.8. The lowest BCUT2D eigenvalue weighted by Gasteiger charge is -2.17. The van der Waals surface area contributed by atoms with E-state index < -0.39 is 0 Å². The normalized spacial score (nSPS) is 14.3. The van der Waals surface area contributed by atoms with Crippen LogP contribution in [0.15, 0.2) is 30.3 Å². The number of carbonyl (C=O) groups is 1. The van der Waals surface area contributed by atoms with Crippen molar-refractivity contribution in [3.8, 4) is 0 Å². The standard InChI is InChI=1S/C19H25N3O.2ClH/c1-2-3-6-14(12-20)21-19(23)16-11-18(13-9-10-13)22-17-8-5-4-7-15(16)17;;/h4-5,7-8,11,13-14H,2-3,6,9-10,12,20H2,1H3,(H,21,23);2*1H. The highest BCUT2D eigenvalue weighted by atomic mass is 35.5. The quantitative estimate of drug-likeness (QED) is 0.752. The van der Waals surface area contributed by atoms with Crippen molar-refractivity contribution in [3.05, 3.63) is 41.6 Å². The number of halogens is 2. The first-order valence-corrected chi connectivity index (χ1v) is 8.63. The summed E-state index contributed by atoms with van der Waals surface area (Å²) in [5.41, 5.74) is 8.49. The Kier molecular flexibility index (Phi) is 8.63. The maximum atomic E-state index is 12.8. The summed E-state index contributed by atoms with van der Waals surface area (Å²) in [7, 11) is 0. The Morgan fingerprint density at radius 3 is 2.68 bits per heavy atom. The molecule has 1 amide bonds. The van der Waals surface area contributed by atoms with Crippen LogP contribution in [0.5, 0.6) is 0 Å². The Hall–Kier alpha value is -1.36. The molecule has 0 aliphatic heterocycles. The minimum atomic E-state index is -0.0305. The topological polar surface area (TPSA) is 68.0 Å². The van der Waals surface area contributed by atoms with Gasteiger partial charge in [-0.3, -0.25) is 9.78 Å². The first-order chi connectivity index (χ1) is 11.2. The van der Waals surface area contributed by atoms with Crippen molar-refractivity contribution in [3.63, 3.8) is 0 Å². The number of carbonyl (C=O) groups excluding carboxylic acids is 1. The van der Waals surface area contributed by atoms with E-state index in [9.17, 15) is 4.79 Å². The van der Waals surface area contributed by atoms with Crippen LogP contribution >= 0.6 is 24.8 Å². The number of nitrogens with one attached hydrogen (secondary N) is 1. The van der Waals surface area contributed by atoms with Gasteiger partial charge in [-0.15, -0.1) is 24.8 Å². The van der Waals surface area contributed by atoms with Gasteiger partial charge in [-0.2, -0.15) is 0 Å². The SMILES string of the molecule is CCCCC(CN)NC(=O)c1cc(C2CC2)nc2ccccc12.Cl.Cl. The summed E-state index contributed by atoms with van der Waals surface area (Å²) in [6.07, 6.45) is 5.46. The van der Waals surface area contributed by atoms with Gasteiger partial charge in [0.15, 0.2) is 0 Å². The predicted octanol–water partition coefficient (Wildman–Crippen LogP) is 4.20. The van der Waals surface area contributed by atoms with Crippen LogP contribution in [0.4, 0.5) is 0 Å². The number of hydrogen-bond donors (Lipinski definition) is 2. The molecule has 0 radical (unpaired) electrons. The second-order valence-corrected chi connectivity index (χ2v) is 6.43. The van der Waals surface area contributed by atoms with Gasteiger partial charge in [-0.05, 0) is 31.4 Å². The molecule has 25 heavy (non-hydrogen) atoms. The third-order valence-corrected chi connectivity index (χ3v) is 4.50. The minimum absolute atomic E-state index is 0. The Bertz CT molecular complexity index is 704. The van der Waals surface area contributed by atoms with Gasteiger partial charge in [0.1, 0.15) is 0 Å². The van der Waals surface area contributed by atoms with Crippen LogP contribution in [0.2, 0.25) is 0 Å². The maximum Gasteiger partial charge on any atom is 0.252 e. The van der Waals surface area contributed by atoms with Crippen LogP contribution < -0.4 is 11.1 Å². The second-order valence-electron chi connectivity index (χ2n) is 6.43. The number of rotatable bonds is 7. The summed E-state index contributed by atoms with van der Waals surface area (Å²) in [5, 5.41) is 4.02. The van der Waals surface area contributed by atoms with Gasteiger partial charge in [0.25, 0.3) is 5.91 Å². The van der Waals surface area contributed by atoms with E-state index in [0.29, 0.717) is 12.5 Å². The van der Waals surface area contributed by atoms with E-state index in [-0.39, 0.29) is 36.8 Å². The lowest BCUT2D eigenvalue weighted by Crippen LogP contribution is -2.40. The van der Waals surface area contributed by atoms with Gasteiger partial charge in [-0.25, -0.2) is 0 Å². The van der Waals surface area contributed by atoms with E-state index in [2.05, 4.69) is 12.2 Å². The molecule has 1 fully saturated rings. The van der Waals surface area contributed by atoms with Crippen LogP contribution in [0.25, 0.3) is 10.9 Å². The molecule has 2 aromatic rings. The Morgan fingerprint density at radius 1 is 1.32 bits per heavy atom. The molecular formula is C19H27Cl2N3O. The molecule has 0 bridgehead atoms. The first-order valence-electron chi connectivity index (χ1n) is 8.63. The van der Waals surface area contributed by atoms with Crippen LogP contribution in [0.3, 0.4) is 0 Å². The third-order valence-electron chi connectivity index (χ3n) is 4.50. The molecule has 138 valence electrons. The van der Waals surface area contributed by atoms with Gasteiger partial charge >= 0.3 is 0 Å². The molecule has 3 N–H and O–H groups in total. The molecule has 1 aliphatic rings. The molecule has 1 heterocycles. The van der Waals surface area contributed by atoms with Gasteiger partial charge in [0.2, 0.25) is 0 Å². The van der Waals surface area contributed by atoms with Gasteiger partial charge in [-0.1, -0.05) is 38.0 Å². The van der Waals surface area contributed by atoms with Gasteiger partial charge in [0.05, 0.1) is 11.1 Å². The first kappa shape index (κ1) is 21.7. The number of aromatic nitrogens is 1. The largest absolute Gasteiger partial charge is 0.348 e. The molecule has 0 spiro atoms. The fraction of sp³-hybridized carbons (Fsp3) is 0.474. The van der Waals surface area contributed by atoms with Gasteiger partial charge in [0, 0.05) is 29.6 Å². The number of unbranched alkanes of at least 4 members (excludes halogenated alkanes) is 1. The van der Waals surface area contributed by atoms with Crippen molar-refractivity contribution < 1.29 is 4.79 Å². The highest BCUT2D eigenvalue weighted by Gasteiger charge is 2.27. The third kappa shape index (κ3) is 5.30. The number of fused-ring (bicyclic) bond motifs is 1. The molecule has 6 heteroatoms. The Labute approximate surface area is 161 Å². The smallest absolute Gasteiger partial charge is 0.252 e. The molecule has 1 aromatic carbocycles. The van der Waals surface area contributed by atoms with Crippen molar-refractivity contribution in [2.75, 3.05) is 6.54 Å². The highest BCUT2D eigenvalue weighted by molar-refractivity contribution is 6.06. The lowest BCUT2D eigenvalue weighted by molar-refractivity contribution is 0.0937. The van der Waals surface area contributed by atoms with E-state index in [0.717, 1.165) is 41.4 Å². The number of nitrogens with two attached hydrogens (primary N) is 1. The number of hydrogen-bond acceptors (Lipinski definition) is 3. The number of nitrogens with zero attached hydrogens (tertiary/aromatic N) is 1. The highest BCUT2D eigenvalue weighted by Crippen LogP contribution is 2.40. The predicted molar refractivity (Wildman–Crippen MR) is 108 cm³/mol. The van der Waals surface area contributed by atoms with E-state index in [1.165, 1.54) is 12.8 Å². The van der Waals surface area contributed by atoms with Crippen molar-refractivity contribution in [2.45, 2.75) is 51.0 Å². The molecule has 1 saturated carbocycles. The molecule has 4 nitrogen and oxygen atoms in total. The van der Waals surface area contributed by atoms with E-state index in [4.69, 9.17) is 10.7 Å². The van der Waals surface area contributed by atoms with E-state index >= 15 is 0 Å². The fourth-order valence-electron chi connectivity index (χ4n) is 2.93. The zero-order chi connectivity index (χ0) is 16.2. The molecule has 1 aliphatic carbocycles. The summed E-state index contributed by atoms with van der Waals surface area (Å²) in [4.78, 5) is 17.5. The zero-order valence-electron chi connectivity index (χ0n) is 14.5. The van der Waals surface area contributed by atoms with Crippen molar-refractivity contribution in [1.82, 2.24) is 10.3 Å². The number of para-hydroxylation sites is 1. The van der Waals surface area contributed by atoms with Crippen LogP contribution in [-0.2, 0) is 0 Å². The molecule has 3 rings (SSSR count). The van der Waals surface area contributed by atoms with E-state index in [1.807, 2.05) is 30.3 Å². The van der Waals surface area contributed by atoms with Crippen LogP contribution in [0.1, 0.15) is 61.0 Å². The summed E-state index contributed by atoms with van der Waals surface area (Å²) < 4.78 is 0. The van der Waals surface area contributed by atoms with E-state index in [1.54, 1.807) is 0 Å². The van der Waals surface area contributed by atoms with Crippen LogP contribution in [-0.4, -0.2) is 23.5 Å². The second kappa shape index (κ2) is 9.95.